The average Bonchev–Trinajstić information content (AvgIpc) is 2.18. The zero-order chi connectivity index (χ0) is 11.5. The Morgan fingerprint density at radius 1 is 1.33 bits per heavy atom. The fourth-order valence-corrected chi connectivity index (χ4v) is 2.02. The van der Waals surface area contributed by atoms with E-state index < -0.39 is 0 Å². The highest BCUT2D eigenvalue weighted by atomic mass is 16.1. The van der Waals surface area contributed by atoms with Gasteiger partial charge in [-0.15, -0.1) is 0 Å². The van der Waals surface area contributed by atoms with Crippen LogP contribution < -0.4 is 5.32 Å². The Labute approximate surface area is 93.2 Å². The number of hydrogen-bond donors (Lipinski definition) is 1. The maximum Gasteiger partial charge on any atom is 0.152 e. The summed E-state index contributed by atoms with van der Waals surface area (Å²) in [6.07, 6.45) is 0.691. The summed E-state index contributed by atoms with van der Waals surface area (Å²) in [5, 5.41) is 3.31. The molecule has 1 fully saturated rings. The third kappa shape index (κ3) is 3.28. The summed E-state index contributed by atoms with van der Waals surface area (Å²) >= 11 is 0. The number of nitrogens with zero attached hydrogens (tertiary/aromatic N) is 1. The second-order valence-corrected chi connectivity index (χ2v) is 5.32. The molecule has 0 atom stereocenters. The topological polar surface area (TPSA) is 32.3 Å². The number of rotatable bonds is 4. The number of hydrogen-bond acceptors (Lipinski definition) is 3. The molecule has 1 heterocycles. The lowest BCUT2D eigenvalue weighted by molar-refractivity contribution is -0.130. The van der Waals surface area contributed by atoms with Crippen LogP contribution in [0.1, 0.15) is 34.1 Å². The summed E-state index contributed by atoms with van der Waals surface area (Å²) in [6.45, 7) is 12.3. The van der Waals surface area contributed by atoms with Crippen LogP contribution in [0.3, 0.4) is 0 Å². The quantitative estimate of drug-likeness (QED) is 0.762. The summed E-state index contributed by atoms with van der Waals surface area (Å²) in [7, 11) is 0. The fourth-order valence-electron chi connectivity index (χ4n) is 2.02. The SMILES string of the molecule is CC(C)CC(=O)C(C)(C)N1CCNCC1. The molecule has 0 bridgehead atoms. The van der Waals surface area contributed by atoms with Crippen molar-refractivity contribution in [3.63, 3.8) is 0 Å². The van der Waals surface area contributed by atoms with Crippen molar-refractivity contribution in [3.05, 3.63) is 0 Å². The van der Waals surface area contributed by atoms with Gasteiger partial charge in [0.05, 0.1) is 5.54 Å². The smallest absolute Gasteiger partial charge is 0.152 e. The molecule has 1 aliphatic rings. The normalized spacial score (nSPS) is 19.5. The number of nitrogens with one attached hydrogen (secondary N) is 1. The van der Waals surface area contributed by atoms with Crippen LogP contribution in [-0.4, -0.2) is 42.4 Å². The number of piperazine rings is 1. The highest BCUT2D eigenvalue weighted by Crippen LogP contribution is 2.20. The molecule has 3 nitrogen and oxygen atoms in total. The minimum atomic E-state index is -0.285. The number of Topliss-reactive ketones (excluding diaryl/α,β-unsaturated/α-hetero) is 1. The van der Waals surface area contributed by atoms with E-state index in [-0.39, 0.29) is 5.54 Å². The molecule has 0 amide bonds. The van der Waals surface area contributed by atoms with E-state index in [1.54, 1.807) is 0 Å². The van der Waals surface area contributed by atoms with E-state index in [4.69, 9.17) is 0 Å². The maximum absolute atomic E-state index is 12.1. The fraction of sp³-hybridized carbons (Fsp3) is 0.917. The molecule has 1 N–H and O–H groups in total. The third-order valence-electron chi connectivity index (χ3n) is 3.18. The summed E-state index contributed by atoms with van der Waals surface area (Å²) < 4.78 is 0. The van der Waals surface area contributed by atoms with Gasteiger partial charge >= 0.3 is 0 Å². The van der Waals surface area contributed by atoms with Gasteiger partial charge in [0.1, 0.15) is 0 Å². The Hall–Kier alpha value is -0.410. The predicted octanol–water partition coefficient (Wildman–Crippen LogP) is 1.29. The van der Waals surface area contributed by atoms with Crippen molar-refractivity contribution in [2.24, 2.45) is 5.92 Å². The summed E-state index contributed by atoms with van der Waals surface area (Å²) in [5.41, 5.74) is -0.285. The van der Waals surface area contributed by atoms with Crippen molar-refractivity contribution in [2.45, 2.75) is 39.7 Å². The summed E-state index contributed by atoms with van der Waals surface area (Å²) in [5.74, 6) is 0.832. The molecule has 0 radical (unpaired) electrons. The molecule has 1 aliphatic heterocycles. The van der Waals surface area contributed by atoms with E-state index in [1.165, 1.54) is 0 Å². The van der Waals surface area contributed by atoms with E-state index in [9.17, 15) is 4.79 Å². The summed E-state index contributed by atoms with van der Waals surface area (Å²) in [4.78, 5) is 14.4. The molecule has 0 unspecified atom stereocenters. The van der Waals surface area contributed by atoms with E-state index in [0.717, 1.165) is 26.2 Å². The van der Waals surface area contributed by atoms with E-state index in [0.29, 0.717) is 18.1 Å². The molecule has 0 spiro atoms. The maximum atomic E-state index is 12.1. The van der Waals surface area contributed by atoms with E-state index >= 15 is 0 Å². The Balaban J connectivity index is 2.58. The predicted molar refractivity (Wildman–Crippen MR) is 63.0 cm³/mol. The number of carbonyl (C=O) groups excluding carboxylic acids is 1. The second-order valence-electron chi connectivity index (χ2n) is 5.32. The van der Waals surface area contributed by atoms with E-state index in [2.05, 4.69) is 37.9 Å². The zero-order valence-corrected chi connectivity index (χ0v) is 10.5. The number of carbonyl (C=O) groups is 1. The standard InChI is InChI=1S/C12H24N2O/c1-10(2)9-11(15)12(3,4)14-7-5-13-6-8-14/h10,13H,5-9H2,1-4H3. The molecule has 0 aromatic heterocycles. The van der Waals surface area contributed by atoms with Crippen LogP contribution in [0.25, 0.3) is 0 Å². The molecule has 0 saturated carbocycles. The molecule has 0 aromatic rings. The molecule has 1 saturated heterocycles. The van der Waals surface area contributed by atoms with Crippen molar-refractivity contribution in [1.82, 2.24) is 10.2 Å². The van der Waals surface area contributed by atoms with Crippen LogP contribution in [0, 0.1) is 5.92 Å². The third-order valence-corrected chi connectivity index (χ3v) is 3.18. The first kappa shape index (κ1) is 12.7. The Morgan fingerprint density at radius 2 is 1.87 bits per heavy atom. The largest absolute Gasteiger partial charge is 0.314 e. The minimum Gasteiger partial charge on any atom is -0.314 e. The van der Waals surface area contributed by atoms with Gasteiger partial charge in [-0.25, -0.2) is 0 Å². The minimum absolute atomic E-state index is 0.285. The van der Waals surface area contributed by atoms with Crippen molar-refractivity contribution in [3.8, 4) is 0 Å². The van der Waals surface area contributed by atoms with E-state index in [1.807, 2.05) is 0 Å². The van der Waals surface area contributed by atoms with Gasteiger partial charge in [-0.1, -0.05) is 13.8 Å². The van der Waals surface area contributed by atoms with Gasteiger partial charge in [-0.2, -0.15) is 0 Å². The second kappa shape index (κ2) is 5.08. The first-order valence-electron chi connectivity index (χ1n) is 5.93. The van der Waals surface area contributed by atoms with Gasteiger partial charge in [-0.3, -0.25) is 9.69 Å². The first-order valence-corrected chi connectivity index (χ1v) is 5.93. The first-order chi connectivity index (χ1) is 6.94. The highest BCUT2D eigenvalue weighted by molar-refractivity contribution is 5.87. The molecular formula is C12H24N2O. The average molecular weight is 212 g/mol. The number of ketones is 1. The van der Waals surface area contributed by atoms with Crippen LogP contribution in [0.2, 0.25) is 0 Å². The van der Waals surface area contributed by atoms with Crippen molar-refractivity contribution in [1.29, 1.82) is 0 Å². The van der Waals surface area contributed by atoms with Gasteiger partial charge in [0, 0.05) is 32.6 Å². The van der Waals surface area contributed by atoms with Crippen molar-refractivity contribution >= 4 is 5.78 Å². The van der Waals surface area contributed by atoms with Gasteiger partial charge in [0.25, 0.3) is 0 Å². The molecular weight excluding hydrogens is 188 g/mol. The van der Waals surface area contributed by atoms with Gasteiger partial charge < -0.3 is 5.32 Å². The molecule has 3 heteroatoms. The molecule has 0 aliphatic carbocycles. The zero-order valence-electron chi connectivity index (χ0n) is 10.5. The molecule has 1 rings (SSSR count). The Kier molecular flexibility index (Phi) is 4.29. The van der Waals surface area contributed by atoms with Crippen LogP contribution in [0.15, 0.2) is 0 Å². The van der Waals surface area contributed by atoms with Gasteiger partial charge in [0.15, 0.2) is 5.78 Å². The van der Waals surface area contributed by atoms with Gasteiger partial charge in [0.2, 0.25) is 0 Å². The molecule has 15 heavy (non-hydrogen) atoms. The van der Waals surface area contributed by atoms with Crippen LogP contribution in [-0.2, 0) is 4.79 Å². The monoisotopic (exact) mass is 212 g/mol. The Morgan fingerprint density at radius 3 is 2.33 bits per heavy atom. The Bertz CT molecular complexity index is 218. The lowest BCUT2D eigenvalue weighted by Crippen LogP contribution is -2.57. The molecule has 88 valence electrons. The lowest BCUT2D eigenvalue weighted by Gasteiger charge is -2.40. The lowest BCUT2D eigenvalue weighted by atomic mass is 9.90. The van der Waals surface area contributed by atoms with Gasteiger partial charge in [-0.05, 0) is 19.8 Å². The highest BCUT2D eigenvalue weighted by Gasteiger charge is 2.34. The van der Waals surface area contributed by atoms with Crippen molar-refractivity contribution < 1.29 is 4.79 Å². The van der Waals surface area contributed by atoms with Crippen LogP contribution in [0.4, 0.5) is 0 Å². The summed E-state index contributed by atoms with van der Waals surface area (Å²) in [6, 6.07) is 0. The van der Waals surface area contributed by atoms with Crippen molar-refractivity contribution in [2.75, 3.05) is 26.2 Å². The van der Waals surface area contributed by atoms with Crippen LogP contribution in [0.5, 0.6) is 0 Å². The molecule has 0 aromatic carbocycles. The van der Waals surface area contributed by atoms with Crippen LogP contribution >= 0.6 is 0 Å².